The fraction of sp³-hybridized carbons (Fsp3) is 0.600. The van der Waals surface area contributed by atoms with Crippen molar-refractivity contribution in [2.75, 3.05) is 0 Å². The number of rotatable bonds is 2. The number of thiocarbonyl (C=S) groups is 1. The lowest BCUT2D eigenvalue weighted by Gasteiger charge is -2.16. The van der Waals surface area contributed by atoms with Crippen LogP contribution in [0.3, 0.4) is 0 Å². The molecule has 0 atom stereocenters. The maximum absolute atomic E-state index is 5.49. The lowest BCUT2D eigenvalue weighted by Crippen LogP contribution is -2.14. The van der Waals surface area contributed by atoms with Crippen LogP contribution in [-0.2, 0) is 11.8 Å². The van der Waals surface area contributed by atoms with Crippen LogP contribution in [0.2, 0.25) is 0 Å². The van der Waals surface area contributed by atoms with Gasteiger partial charge in [0, 0.05) is 16.7 Å². The van der Waals surface area contributed by atoms with Gasteiger partial charge in [0.1, 0.15) is 0 Å². The van der Waals surface area contributed by atoms with E-state index in [1.54, 1.807) is 11.3 Å². The van der Waals surface area contributed by atoms with Gasteiger partial charge in [0.25, 0.3) is 0 Å². The quantitative estimate of drug-likeness (QED) is 0.791. The number of thiazole rings is 1. The number of hydrogen-bond donors (Lipinski definition) is 1. The van der Waals surface area contributed by atoms with Crippen LogP contribution >= 0.6 is 23.6 Å². The minimum Gasteiger partial charge on any atom is -0.393 e. The molecule has 0 aliphatic rings. The van der Waals surface area contributed by atoms with E-state index in [9.17, 15) is 0 Å². The van der Waals surface area contributed by atoms with Crippen molar-refractivity contribution >= 4 is 28.5 Å². The first-order valence-corrected chi connectivity index (χ1v) is 5.78. The highest BCUT2D eigenvalue weighted by atomic mass is 32.1. The Hall–Kier alpha value is -0.480. The summed E-state index contributed by atoms with van der Waals surface area (Å²) in [6.07, 6.45) is 0.622. The Morgan fingerprint density at radius 2 is 2.07 bits per heavy atom. The molecular formula is C10H16N2S2. The van der Waals surface area contributed by atoms with Gasteiger partial charge in [0.15, 0.2) is 0 Å². The van der Waals surface area contributed by atoms with Crippen molar-refractivity contribution in [3.05, 3.63) is 15.6 Å². The molecular weight excluding hydrogens is 212 g/mol. The molecule has 1 rings (SSSR count). The number of nitrogens with two attached hydrogens (primary N) is 1. The van der Waals surface area contributed by atoms with E-state index in [2.05, 4.69) is 32.7 Å². The van der Waals surface area contributed by atoms with E-state index in [0.29, 0.717) is 11.4 Å². The molecule has 0 saturated carbocycles. The Bertz CT molecular complexity index is 347. The first-order valence-electron chi connectivity index (χ1n) is 4.56. The SMILES string of the molecule is Cc1sc(CC(N)=S)nc1C(C)(C)C. The molecule has 0 fully saturated rings. The molecule has 1 heterocycles. The van der Waals surface area contributed by atoms with Gasteiger partial charge in [-0.1, -0.05) is 33.0 Å². The van der Waals surface area contributed by atoms with Crippen molar-refractivity contribution in [1.82, 2.24) is 4.98 Å². The van der Waals surface area contributed by atoms with Gasteiger partial charge in [0.2, 0.25) is 0 Å². The average Bonchev–Trinajstić information content (AvgIpc) is 2.27. The van der Waals surface area contributed by atoms with Gasteiger partial charge in [0.05, 0.1) is 15.7 Å². The van der Waals surface area contributed by atoms with Crippen LogP contribution in [0.5, 0.6) is 0 Å². The fourth-order valence-electron chi connectivity index (χ4n) is 1.37. The third-order valence-corrected chi connectivity index (χ3v) is 2.99. The molecule has 0 amide bonds. The largest absolute Gasteiger partial charge is 0.393 e. The third kappa shape index (κ3) is 2.75. The molecule has 4 heteroatoms. The van der Waals surface area contributed by atoms with Gasteiger partial charge in [-0.2, -0.15) is 0 Å². The number of aryl methyl sites for hydroxylation is 1. The Labute approximate surface area is 94.5 Å². The van der Waals surface area contributed by atoms with Gasteiger partial charge >= 0.3 is 0 Å². The van der Waals surface area contributed by atoms with E-state index in [4.69, 9.17) is 18.0 Å². The predicted octanol–water partition coefficient (Wildman–Crippen LogP) is 2.58. The Morgan fingerprint density at radius 1 is 1.50 bits per heavy atom. The topological polar surface area (TPSA) is 38.9 Å². The molecule has 1 aromatic rings. The molecule has 0 spiro atoms. The first-order chi connectivity index (χ1) is 6.30. The predicted molar refractivity (Wildman–Crippen MR) is 66.0 cm³/mol. The van der Waals surface area contributed by atoms with Gasteiger partial charge < -0.3 is 5.73 Å². The molecule has 0 radical (unpaired) electrons. The molecule has 2 N–H and O–H groups in total. The maximum atomic E-state index is 5.49. The van der Waals surface area contributed by atoms with E-state index in [-0.39, 0.29) is 5.41 Å². The summed E-state index contributed by atoms with van der Waals surface area (Å²) in [5, 5.41) is 1.03. The van der Waals surface area contributed by atoms with Crippen molar-refractivity contribution in [2.24, 2.45) is 5.73 Å². The van der Waals surface area contributed by atoms with Crippen LogP contribution in [0.15, 0.2) is 0 Å². The van der Waals surface area contributed by atoms with Crippen LogP contribution in [-0.4, -0.2) is 9.97 Å². The number of nitrogens with zero attached hydrogens (tertiary/aromatic N) is 1. The average molecular weight is 228 g/mol. The maximum Gasteiger partial charge on any atom is 0.0998 e. The summed E-state index contributed by atoms with van der Waals surface area (Å²) in [5.41, 5.74) is 6.76. The van der Waals surface area contributed by atoms with Crippen LogP contribution < -0.4 is 5.73 Å². The summed E-state index contributed by atoms with van der Waals surface area (Å²) < 4.78 is 0. The van der Waals surface area contributed by atoms with E-state index in [1.165, 1.54) is 4.88 Å². The summed E-state index contributed by atoms with van der Waals surface area (Å²) in [4.78, 5) is 6.35. The van der Waals surface area contributed by atoms with E-state index >= 15 is 0 Å². The number of aromatic nitrogens is 1. The third-order valence-electron chi connectivity index (χ3n) is 1.88. The highest BCUT2D eigenvalue weighted by Gasteiger charge is 2.20. The van der Waals surface area contributed by atoms with E-state index in [0.717, 1.165) is 10.7 Å². The van der Waals surface area contributed by atoms with Crippen molar-refractivity contribution in [3.8, 4) is 0 Å². The van der Waals surface area contributed by atoms with Crippen molar-refractivity contribution in [1.29, 1.82) is 0 Å². The fourth-order valence-corrected chi connectivity index (χ4v) is 2.77. The first kappa shape index (κ1) is 11.6. The molecule has 0 aliphatic heterocycles. The summed E-state index contributed by atoms with van der Waals surface area (Å²) in [6.45, 7) is 8.60. The molecule has 0 aromatic carbocycles. The Kier molecular flexibility index (Phi) is 3.27. The van der Waals surface area contributed by atoms with Crippen LogP contribution in [0.4, 0.5) is 0 Å². The van der Waals surface area contributed by atoms with Gasteiger partial charge in [-0.25, -0.2) is 4.98 Å². The van der Waals surface area contributed by atoms with Crippen LogP contribution in [0, 0.1) is 6.92 Å². The second kappa shape index (κ2) is 3.95. The summed E-state index contributed by atoms with van der Waals surface area (Å²) in [5.74, 6) is 0. The molecule has 0 bridgehead atoms. The van der Waals surface area contributed by atoms with E-state index < -0.39 is 0 Å². The van der Waals surface area contributed by atoms with Crippen LogP contribution in [0.1, 0.15) is 36.3 Å². The monoisotopic (exact) mass is 228 g/mol. The molecule has 78 valence electrons. The Morgan fingerprint density at radius 3 is 2.43 bits per heavy atom. The lowest BCUT2D eigenvalue weighted by molar-refractivity contribution is 0.568. The molecule has 1 aromatic heterocycles. The molecule has 14 heavy (non-hydrogen) atoms. The summed E-state index contributed by atoms with van der Waals surface area (Å²) >= 11 is 6.56. The zero-order valence-electron chi connectivity index (χ0n) is 9.05. The zero-order valence-corrected chi connectivity index (χ0v) is 10.7. The Balaban J connectivity index is 2.99. The molecule has 2 nitrogen and oxygen atoms in total. The van der Waals surface area contributed by atoms with Crippen molar-refractivity contribution in [3.63, 3.8) is 0 Å². The standard InChI is InChI=1S/C10H16N2S2/c1-6-9(10(2,3)4)12-8(14-6)5-7(11)13/h5H2,1-4H3,(H2,11,13). The van der Waals surface area contributed by atoms with Gasteiger partial charge in [-0.05, 0) is 6.92 Å². The molecule has 0 aliphatic carbocycles. The minimum atomic E-state index is 0.106. The molecule has 0 saturated heterocycles. The van der Waals surface area contributed by atoms with Crippen molar-refractivity contribution in [2.45, 2.75) is 39.5 Å². The highest BCUT2D eigenvalue weighted by Crippen LogP contribution is 2.28. The summed E-state index contributed by atoms with van der Waals surface area (Å²) in [7, 11) is 0. The normalized spacial score (nSPS) is 11.7. The highest BCUT2D eigenvalue weighted by molar-refractivity contribution is 7.80. The van der Waals surface area contributed by atoms with E-state index in [1.807, 2.05) is 0 Å². The van der Waals surface area contributed by atoms with Crippen molar-refractivity contribution < 1.29 is 0 Å². The zero-order chi connectivity index (χ0) is 10.9. The smallest absolute Gasteiger partial charge is 0.0998 e. The second-order valence-corrected chi connectivity index (χ2v) is 6.22. The summed E-state index contributed by atoms with van der Waals surface area (Å²) in [6, 6.07) is 0. The van der Waals surface area contributed by atoms with Crippen LogP contribution in [0.25, 0.3) is 0 Å². The van der Waals surface area contributed by atoms with Gasteiger partial charge in [-0.3, -0.25) is 0 Å². The lowest BCUT2D eigenvalue weighted by atomic mass is 9.91. The minimum absolute atomic E-state index is 0.106. The second-order valence-electron chi connectivity index (χ2n) is 4.41. The number of hydrogen-bond acceptors (Lipinski definition) is 3. The molecule has 0 unspecified atom stereocenters. The van der Waals surface area contributed by atoms with Gasteiger partial charge in [-0.15, -0.1) is 11.3 Å².